The molecule has 2 rings (SSSR count). The van der Waals surface area contributed by atoms with Crippen molar-refractivity contribution in [3.8, 4) is 0 Å². The van der Waals surface area contributed by atoms with Crippen molar-refractivity contribution in [2.75, 3.05) is 30.1 Å². The lowest BCUT2D eigenvalue weighted by Gasteiger charge is -2.12. The normalized spacial score (nSPS) is 11.1. The van der Waals surface area contributed by atoms with Crippen LogP contribution in [0.5, 0.6) is 0 Å². The summed E-state index contributed by atoms with van der Waals surface area (Å²) in [7, 11) is -2.39. The van der Waals surface area contributed by atoms with E-state index in [9.17, 15) is 9.36 Å². The molecule has 0 aliphatic rings. The summed E-state index contributed by atoms with van der Waals surface area (Å²) in [6.45, 7) is 7.05. The minimum atomic E-state index is -2.39. The molecule has 0 radical (unpaired) electrons. The maximum Gasteiger partial charge on any atom is 0.231 e. The summed E-state index contributed by atoms with van der Waals surface area (Å²) in [6.07, 6.45) is 1.72. The van der Waals surface area contributed by atoms with Gasteiger partial charge in [-0.15, -0.1) is 0 Å². The predicted octanol–water partition coefficient (Wildman–Crippen LogP) is 3.40. The van der Waals surface area contributed by atoms with Gasteiger partial charge in [0.2, 0.25) is 11.9 Å². The molecule has 122 valence electrons. The fourth-order valence-electron chi connectivity index (χ4n) is 2.01. The van der Waals surface area contributed by atoms with E-state index in [0.29, 0.717) is 11.6 Å². The highest BCUT2D eigenvalue weighted by Gasteiger charge is 2.14. The molecule has 0 aliphatic carbocycles. The second-order valence-electron chi connectivity index (χ2n) is 5.96. The molecule has 0 atom stereocenters. The first-order chi connectivity index (χ1) is 10.7. The first kappa shape index (κ1) is 17.2. The summed E-state index contributed by atoms with van der Waals surface area (Å²) in [6, 6.07) is 7.34. The standard InChI is InChI=1S/C16H21N4O2P/c1-11-5-6-13(19-15(21)10-23(3,4)22)9-14(11)20-16-17-8-7-12(2)18-16/h5-9H,10H2,1-4H3,(H,19,21)(H,17,18,20). The van der Waals surface area contributed by atoms with Crippen LogP contribution in [0.4, 0.5) is 17.3 Å². The zero-order valence-corrected chi connectivity index (χ0v) is 14.6. The SMILES string of the molecule is Cc1ccnc(Nc2cc(NC(=O)CP(C)(C)=O)ccc2C)n1. The van der Waals surface area contributed by atoms with Crippen LogP contribution in [0.2, 0.25) is 0 Å². The fraction of sp³-hybridized carbons (Fsp3) is 0.312. The number of carbonyl (C=O) groups is 1. The van der Waals surface area contributed by atoms with Gasteiger partial charge in [0.25, 0.3) is 0 Å². The van der Waals surface area contributed by atoms with E-state index in [1.807, 2.05) is 38.1 Å². The van der Waals surface area contributed by atoms with Gasteiger partial charge in [0.1, 0.15) is 0 Å². The van der Waals surface area contributed by atoms with Gasteiger partial charge in [-0.3, -0.25) is 4.79 Å². The van der Waals surface area contributed by atoms with E-state index in [1.54, 1.807) is 19.5 Å². The zero-order chi connectivity index (χ0) is 17.0. The molecular weight excluding hydrogens is 311 g/mol. The Kier molecular flexibility index (Phi) is 5.16. The Morgan fingerprint density at radius 1 is 1.22 bits per heavy atom. The smallest absolute Gasteiger partial charge is 0.231 e. The van der Waals surface area contributed by atoms with Gasteiger partial charge in [0.15, 0.2) is 0 Å². The maximum atomic E-state index is 11.9. The predicted molar refractivity (Wildman–Crippen MR) is 94.2 cm³/mol. The van der Waals surface area contributed by atoms with Crippen LogP contribution in [0.3, 0.4) is 0 Å². The monoisotopic (exact) mass is 332 g/mol. The summed E-state index contributed by atoms with van der Waals surface area (Å²) in [5.41, 5.74) is 3.32. The molecule has 0 saturated carbocycles. The Morgan fingerprint density at radius 2 is 1.96 bits per heavy atom. The van der Waals surface area contributed by atoms with Crippen molar-refractivity contribution >= 4 is 30.4 Å². The summed E-state index contributed by atoms with van der Waals surface area (Å²) >= 11 is 0. The second kappa shape index (κ2) is 6.92. The first-order valence-electron chi connectivity index (χ1n) is 7.24. The number of rotatable bonds is 5. The Morgan fingerprint density at radius 3 is 2.61 bits per heavy atom. The quantitative estimate of drug-likeness (QED) is 0.820. The van der Waals surface area contributed by atoms with Crippen molar-refractivity contribution in [2.45, 2.75) is 13.8 Å². The van der Waals surface area contributed by atoms with Crippen molar-refractivity contribution < 1.29 is 9.36 Å². The summed E-state index contributed by atoms with van der Waals surface area (Å²) in [5, 5.41) is 5.92. The third kappa shape index (κ3) is 5.49. The molecule has 2 N–H and O–H groups in total. The van der Waals surface area contributed by atoms with Gasteiger partial charge in [-0.1, -0.05) is 6.07 Å². The van der Waals surface area contributed by atoms with Gasteiger partial charge in [-0.2, -0.15) is 0 Å². The third-order valence-corrected chi connectivity index (χ3v) is 4.14. The average Bonchev–Trinajstić information content (AvgIpc) is 2.40. The number of anilines is 3. The molecule has 6 nitrogen and oxygen atoms in total. The van der Waals surface area contributed by atoms with Crippen LogP contribution in [0.1, 0.15) is 11.3 Å². The molecule has 1 amide bonds. The Hall–Kier alpha value is -2.20. The number of nitrogens with one attached hydrogen (secondary N) is 2. The van der Waals surface area contributed by atoms with E-state index >= 15 is 0 Å². The molecule has 0 bridgehead atoms. The minimum absolute atomic E-state index is 0.0324. The first-order valence-corrected chi connectivity index (χ1v) is 10.0. The zero-order valence-electron chi connectivity index (χ0n) is 13.8. The maximum absolute atomic E-state index is 11.9. The molecule has 0 aliphatic heterocycles. The van der Waals surface area contributed by atoms with Gasteiger partial charge in [0.05, 0.1) is 13.3 Å². The van der Waals surface area contributed by atoms with Crippen LogP contribution >= 0.6 is 7.14 Å². The summed E-state index contributed by atoms with van der Waals surface area (Å²) in [5.74, 6) is 0.253. The van der Waals surface area contributed by atoms with Crippen molar-refractivity contribution in [3.05, 3.63) is 41.7 Å². The third-order valence-electron chi connectivity index (χ3n) is 3.09. The van der Waals surface area contributed by atoms with E-state index in [-0.39, 0.29) is 12.1 Å². The topological polar surface area (TPSA) is 84.0 Å². The Bertz CT molecular complexity index is 770. The molecule has 23 heavy (non-hydrogen) atoms. The number of aryl methyl sites for hydroxylation is 2. The van der Waals surface area contributed by atoms with Crippen LogP contribution in [-0.2, 0) is 9.36 Å². The van der Waals surface area contributed by atoms with Crippen molar-refractivity contribution in [2.24, 2.45) is 0 Å². The van der Waals surface area contributed by atoms with Gasteiger partial charge in [-0.05, 0) is 50.9 Å². The van der Waals surface area contributed by atoms with Crippen molar-refractivity contribution in [1.82, 2.24) is 9.97 Å². The van der Waals surface area contributed by atoms with Crippen LogP contribution in [0, 0.1) is 13.8 Å². The molecule has 1 aromatic heterocycles. The number of hydrogen-bond acceptors (Lipinski definition) is 5. The van der Waals surface area contributed by atoms with Gasteiger partial charge >= 0.3 is 0 Å². The number of hydrogen-bond donors (Lipinski definition) is 2. The molecule has 1 heterocycles. The van der Waals surface area contributed by atoms with Crippen molar-refractivity contribution in [3.63, 3.8) is 0 Å². The second-order valence-corrected chi connectivity index (χ2v) is 9.42. The van der Waals surface area contributed by atoms with E-state index in [4.69, 9.17) is 0 Å². The number of nitrogens with zero attached hydrogens (tertiary/aromatic N) is 2. The van der Waals surface area contributed by atoms with Crippen LogP contribution in [0.25, 0.3) is 0 Å². The van der Waals surface area contributed by atoms with Gasteiger partial charge < -0.3 is 15.2 Å². The van der Waals surface area contributed by atoms with Crippen LogP contribution in [0.15, 0.2) is 30.5 Å². The molecule has 1 aromatic carbocycles. The van der Waals surface area contributed by atoms with E-state index < -0.39 is 7.14 Å². The van der Waals surface area contributed by atoms with Crippen LogP contribution < -0.4 is 10.6 Å². The number of aromatic nitrogens is 2. The van der Waals surface area contributed by atoms with Crippen LogP contribution in [-0.4, -0.2) is 35.4 Å². The van der Waals surface area contributed by atoms with E-state index in [0.717, 1.165) is 16.9 Å². The molecule has 0 fully saturated rings. The lowest BCUT2D eigenvalue weighted by atomic mass is 10.2. The molecule has 0 saturated heterocycles. The van der Waals surface area contributed by atoms with Crippen molar-refractivity contribution in [1.29, 1.82) is 0 Å². The molecule has 7 heteroatoms. The lowest BCUT2D eigenvalue weighted by molar-refractivity contribution is -0.113. The highest BCUT2D eigenvalue weighted by Crippen LogP contribution is 2.35. The highest BCUT2D eigenvalue weighted by molar-refractivity contribution is 7.63. The minimum Gasteiger partial charge on any atom is -0.326 e. The van der Waals surface area contributed by atoms with Gasteiger partial charge in [0, 0.05) is 23.3 Å². The molecular formula is C16H21N4O2P. The fourth-order valence-corrected chi connectivity index (χ4v) is 2.78. The number of amides is 1. The average molecular weight is 332 g/mol. The number of benzene rings is 1. The number of carbonyl (C=O) groups excluding carboxylic acids is 1. The lowest BCUT2D eigenvalue weighted by Crippen LogP contribution is -2.16. The van der Waals surface area contributed by atoms with Gasteiger partial charge in [-0.25, -0.2) is 9.97 Å². The van der Waals surface area contributed by atoms with E-state index in [1.165, 1.54) is 0 Å². The Balaban J connectivity index is 2.15. The largest absolute Gasteiger partial charge is 0.326 e. The molecule has 0 spiro atoms. The molecule has 0 unspecified atom stereocenters. The molecule has 2 aromatic rings. The summed E-state index contributed by atoms with van der Waals surface area (Å²) in [4.78, 5) is 20.4. The highest BCUT2D eigenvalue weighted by atomic mass is 31.2. The van der Waals surface area contributed by atoms with E-state index in [2.05, 4.69) is 20.6 Å². The Labute approximate surface area is 136 Å². The summed E-state index contributed by atoms with van der Waals surface area (Å²) < 4.78 is 11.7.